The molecule has 0 amide bonds. The van der Waals surface area contributed by atoms with Gasteiger partial charge in [-0.2, -0.15) is 25.3 Å². The lowest BCUT2D eigenvalue weighted by molar-refractivity contribution is 0.384. The van der Waals surface area contributed by atoms with Gasteiger partial charge in [0.25, 0.3) is 10.1 Å². The quantitative estimate of drug-likeness (QED) is 0.366. The number of hydrogen-bond donors (Lipinski definition) is 3. The number of nitrogens with zero attached hydrogens (tertiary/aromatic N) is 1. The molecule has 0 fully saturated rings. The summed E-state index contributed by atoms with van der Waals surface area (Å²) in [5, 5.41) is 0. The smallest absolute Gasteiger partial charge is 0.362 e. The fraction of sp³-hybridized carbons (Fsp3) is 0.0556. The number of pyridine rings is 1. The van der Waals surface area contributed by atoms with Crippen LogP contribution in [0.1, 0.15) is 16.8 Å². The first-order valence-electron chi connectivity index (χ1n) is 8.66. The summed E-state index contributed by atoms with van der Waals surface area (Å²) < 4.78 is 104. The molecule has 2 aromatic carbocycles. The van der Waals surface area contributed by atoms with Gasteiger partial charge in [0, 0.05) is 6.20 Å². The van der Waals surface area contributed by atoms with E-state index in [1.165, 1.54) is 24.4 Å². The predicted octanol–water partition coefficient (Wildman–Crippen LogP) is 1.62. The molecular formula is C18H15NO11S3. The number of benzene rings is 2. The van der Waals surface area contributed by atoms with E-state index in [-0.39, 0.29) is 28.3 Å². The van der Waals surface area contributed by atoms with E-state index in [2.05, 4.69) is 13.4 Å². The van der Waals surface area contributed by atoms with Crippen LogP contribution in [-0.4, -0.2) is 43.9 Å². The van der Waals surface area contributed by atoms with Gasteiger partial charge in [-0.05, 0) is 47.5 Å². The fourth-order valence-corrected chi connectivity index (χ4v) is 5.16. The summed E-state index contributed by atoms with van der Waals surface area (Å²) in [6.07, 6.45) is 1.28. The highest BCUT2D eigenvalue weighted by molar-refractivity contribution is 7.87. The van der Waals surface area contributed by atoms with Crippen LogP contribution < -0.4 is 8.37 Å². The largest absolute Gasteiger partial charge is 0.446 e. The van der Waals surface area contributed by atoms with Crippen molar-refractivity contribution in [2.45, 2.75) is 4.75 Å². The molecule has 0 aliphatic carbocycles. The van der Waals surface area contributed by atoms with Gasteiger partial charge in [-0.3, -0.25) is 18.6 Å². The molecule has 0 unspecified atom stereocenters. The van der Waals surface area contributed by atoms with E-state index >= 15 is 0 Å². The molecule has 33 heavy (non-hydrogen) atoms. The fourth-order valence-electron chi connectivity index (χ4n) is 3.20. The first-order valence-corrected chi connectivity index (χ1v) is 12.8. The number of hydrogen-bond acceptors (Lipinski definition) is 9. The predicted molar refractivity (Wildman–Crippen MR) is 113 cm³/mol. The third kappa shape index (κ3) is 5.47. The van der Waals surface area contributed by atoms with E-state index in [0.717, 1.165) is 48.5 Å². The highest BCUT2D eigenvalue weighted by atomic mass is 32.3. The maximum atomic E-state index is 12.9. The van der Waals surface area contributed by atoms with Gasteiger partial charge in [0.05, 0.1) is 5.69 Å². The van der Waals surface area contributed by atoms with Crippen molar-refractivity contribution in [3.63, 3.8) is 0 Å². The van der Waals surface area contributed by atoms with Gasteiger partial charge in [0.2, 0.25) is 0 Å². The molecule has 0 saturated heterocycles. The van der Waals surface area contributed by atoms with Crippen LogP contribution in [0.3, 0.4) is 0 Å². The Morgan fingerprint density at radius 3 is 1.36 bits per heavy atom. The Morgan fingerprint density at radius 2 is 1.06 bits per heavy atom. The average Bonchev–Trinajstić information content (AvgIpc) is 2.68. The summed E-state index contributed by atoms with van der Waals surface area (Å²) in [6.45, 7) is 0. The van der Waals surface area contributed by atoms with Crippen LogP contribution in [0.5, 0.6) is 11.5 Å². The minimum atomic E-state index is -5.06. The van der Waals surface area contributed by atoms with E-state index in [9.17, 15) is 29.8 Å². The Kier molecular flexibility index (Phi) is 6.47. The normalized spacial score (nSPS) is 12.8. The Labute approximate surface area is 189 Å². The van der Waals surface area contributed by atoms with E-state index in [1.54, 1.807) is 0 Å². The van der Waals surface area contributed by atoms with Crippen LogP contribution in [0.2, 0.25) is 0 Å². The Bertz CT molecular complexity index is 1370. The SMILES string of the molecule is O=S(=O)(O)Oc1ccc(C(c2ccc(OS(=O)(=O)O)cc2)(c2ccccn2)S(=O)(=O)O)cc1. The van der Waals surface area contributed by atoms with Crippen molar-refractivity contribution in [3.8, 4) is 11.5 Å². The topological polar surface area (TPSA) is 194 Å². The van der Waals surface area contributed by atoms with Crippen molar-refractivity contribution in [1.82, 2.24) is 4.98 Å². The first kappa shape index (κ1) is 24.6. The van der Waals surface area contributed by atoms with E-state index in [0.29, 0.717) is 0 Å². The van der Waals surface area contributed by atoms with Crippen molar-refractivity contribution < 1.29 is 47.3 Å². The zero-order valence-corrected chi connectivity index (χ0v) is 18.7. The molecule has 1 aromatic heterocycles. The minimum absolute atomic E-state index is 0.102. The molecular weight excluding hydrogens is 502 g/mol. The van der Waals surface area contributed by atoms with Crippen molar-refractivity contribution in [1.29, 1.82) is 0 Å². The highest BCUT2D eigenvalue weighted by Crippen LogP contribution is 2.43. The van der Waals surface area contributed by atoms with Crippen molar-refractivity contribution in [2.24, 2.45) is 0 Å². The molecule has 12 nitrogen and oxygen atoms in total. The molecule has 3 aromatic rings. The van der Waals surface area contributed by atoms with Gasteiger partial charge >= 0.3 is 20.8 Å². The molecule has 0 bridgehead atoms. The zero-order valence-electron chi connectivity index (χ0n) is 16.2. The zero-order chi connectivity index (χ0) is 24.5. The molecule has 1 heterocycles. The van der Waals surface area contributed by atoms with Crippen LogP contribution in [0.4, 0.5) is 0 Å². The van der Waals surface area contributed by atoms with Crippen LogP contribution in [0, 0.1) is 0 Å². The van der Waals surface area contributed by atoms with Gasteiger partial charge in [-0.15, -0.1) is 0 Å². The van der Waals surface area contributed by atoms with E-state index < -0.39 is 35.7 Å². The van der Waals surface area contributed by atoms with Gasteiger partial charge < -0.3 is 8.37 Å². The molecule has 0 spiro atoms. The minimum Gasteiger partial charge on any atom is -0.362 e. The van der Waals surface area contributed by atoms with E-state index in [4.69, 9.17) is 9.11 Å². The van der Waals surface area contributed by atoms with Crippen molar-refractivity contribution in [3.05, 3.63) is 89.7 Å². The Morgan fingerprint density at radius 1 is 0.636 bits per heavy atom. The Balaban J connectivity index is 2.27. The summed E-state index contributed by atoms with van der Waals surface area (Å²) >= 11 is 0. The second-order valence-electron chi connectivity index (χ2n) is 6.44. The molecule has 3 rings (SSSR count). The van der Waals surface area contributed by atoms with Crippen LogP contribution in [0.15, 0.2) is 72.9 Å². The lowest BCUT2D eigenvalue weighted by atomic mass is 9.86. The monoisotopic (exact) mass is 517 g/mol. The van der Waals surface area contributed by atoms with Crippen molar-refractivity contribution >= 4 is 30.9 Å². The highest BCUT2D eigenvalue weighted by Gasteiger charge is 2.49. The van der Waals surface area contributed by atoms with Crippen LogP contribution in [0.25, 0.3) is 0 Å². The molecule has 15 heteroatoms. The molecule has 0 aliphatic rings. The summed E-state index contributed by atoms with van der Waals surface area (Å²) in [5.74, 6) is -0.688. The van der Waals surface area contributed by atoms with Gasteiger partial charge in [0.1, 0.15) is 11.5 Å². The second kappa shape index (κ2) is 8.69. The van der Waals surface area contributed by atoms with Gasteiger partial charge in [-0.25, -0.2) is 0 Å². The molecule has 0 radical (unpaired) electrons. The van der Waals surface area contributed by atoms with Crippen LogP contribution in [-0.2, 0) is 35.7 Å². The first-order chi connectivity index (χ1) is 15.2. The summed E-state index contributed by atoms with van der Waals surface area (Å²) in [4.78, 5) is 4.06. The average molecular weight is 518 g/mol. The number of rotatable bonds is 8. The lowest BCUT2D eigenvalue weighted by Gasteiger charge is -2.31. The molecule has 0 aliphatic heterocycles. The summed E-state index contributed by atoms with van der Waals surface area (Å²) in [5.41, 5.74) is -0.357. The maximum Gasteiger partial charge on any atom is 0.446 e. The van der Waals surface area contributed by atoms with Crippen molar-refractivity contribution in [2.75, 3.05) is 0 Å². The lowest BCUT2D eigenvalue weighted by Crippen LogP contribution is -2.39. The maximum absolute atomic E-state index is 12.9. The Hall–Kier alpha value is -3.08. The summed E-state index contributed by atoms with van der Waals surface area (Å²) in [7, 11) is -14.7. The number of aromatic nitrogens is 1. The molecule has 176 valence electrons. The third-order valence-corrected chi connectivity index (χ3v) is 6.60. The standard InChI is InChI=1S/C18H15NO11S3/c20-31(21,22)18(17-3-1-2-12-19-17,13-4-8-15(9-5-13)29-32(23,24)25)14-6-10-16(11-7-14)30-33(26,27)28/h1-12H,(H,20,21,22)(H,23,24,25)(H,26,27,28). The molecule has 0 atom stereocenters. The second-order valence-corrected chi connectivity index (χ2v) is 10.0. The summed E-state index contributed by atoms with van der Waals surface area (Å²) in [6, 6.07) is 13.0. The molecule has 3 N–H and O–H groups in total. The third-order valence-electron chi connectivity index (χ3n) is 4.34. The van der Waals surface area contributed by atoms with Crippen LogP contribution >= 0.6 is 0 Å². The van der Waals surface area contributed by atoms with Gasteiger partial charge in [0.15, 0.2) is 4.75 Å². The molecule has 0 saturated carbocycles. The van der Waals surface area contributed by atoms with E-state index in [1.807, 2.05) is 0 Å². The van der Waals surface area contributed by atoms with Gasteiger partial charge in [-0.1, -0.05) is 30.3 Å².